The Morgan fingerprint density at radius 1 is 1.26 bits per heavy atom. The first-order valence-corrected chi connectivity index (χ1v) is 5.93. The second-order valence-electron chi connectivity index (χ2n) is 4.35. The molecule has 0 atom stereocenters. The molecule has 2 aromatic rings. The lowest BCUT2D eigenvalue weighted by molar-refractivity contribution is -0.384. The highest BCUT2D eigenvalue weighted by Crippen LogP contribution is 2.28. The van der Waals surface area contributed by atoms with E-state index in [9.17, 15) is 10.1 Å². The van der Waals surface area contributed by atoms with Gasteiger partial charge in [0.15, 0.2) is 0 Å². The summed E-state index contributed by atoms with van der Waals surface area (Å²) in [4.78, 5) is 14.9. The zero-order chi connectivity index (χ0) is 14.0. The van der Waals surface area contributed by atoms with Gasteiger partial charge in [0.2, 0.25) is 0 Å². The van der Waals surface area contributed by atoms with Gasteiger partial charge >= 0.3 is 0 Å². The number of nitrogens with zero attached hydrogens (tertiary/aromatic N) is 2. The van der Waals surface area contributed by atoms with Crippen molar-refractivity contribution in [2.24, 2.45) is 0 Å². The molecule has 1 aromatic carbocycles. The van der Waals surface area contributed by atoms with Gasteiger partial charge in [0.05, 0.1) is 16.7 Å². The van der Waals surface area contributed by atoms with Gasteiger partial charge in [0.1, 0.15) is 5.82 Å². The van der Waals surface area contributed by atoms with Crippen LogP contribution in [0.5, 0.6) is 0 Å². The van der Waals surface area contributed by atoms with E-state index in [1.165, 1.54) is 12.1 Å². The molecule has 98 valence electrons. The van der Waals surface area contributed by atoms with E-state index < -0.39 is 4.92 Å². The van der Waals surface area contributed by atoms with Crippen molar-refractivity contribution in [3.8, 4) is 11.3 Å². The van der Waals surface area contributed by atoms with E-state index in [1.807, 2.05) is 32.0 Å². The Morgan fingerprint density at radius 2 is 2.00 bits per heavy atom. The number of hydrogen-bond donors (Lipinski definition) is 1. The van der Waals surface area contributed by atoms with Crippen LogP contribution in [0.1, 0.15) is 11.1 Å². The second kappa shape index (κ2) is 5.06. The number of rotatable bonds is 3. The van der Waals surface area contributed by atoms with Crippen molar-refractivity contribution in [2.75, 3.05) is 12.4 Å². The van der Waals surface area contributed by atoms with Crippen LogP contribution < -0.4 is 5.32 Å². The van der Waals surface area contributed by atoms with Crippen molar-refractivity contribution in [3.63, 3.8) is 0 Å². The lowest BCUT2D eigenvalue weighted by Crippen LogP contribution is -1.98. The first-order chi connectivity index (χ1) is 9.02. The molecule has 0 radical (unpaired) electrons. The minimum atomic E-state index is -0.406. The largest absolute Gasteiger partial charge is 0.373 e. The lowest BCUT2D eigenvalue weighted by Gasteiger charge is -2.09. The molecule has 0 fully saturated rings. The molecule has 0 unspecified atom stereocenters. The van der Waals surface area contributed by atoms with Gasteiger partial charge in [-0.05, 0) is 25.0 Å². The minimum absolute atomic E-state index is 0.0373. The van der Waals surface area contributed by atoms with E-state index in [1.54, 1.807) is 7.05 Å². The van der Waals surface area contributed by atoms with Gasteiger partial charge in [0, 0.05) is 18.7 Å². The Hall–Kier alpha value is -2.43. The Labute approximate surface area is 111 Å². The number of benzene rings is 1. The second-order valence-corrected chi connectivity index (χ2v) is 4.35. The third-order valence-corrected chi connectivity index (χ3v) is 3.16. The van der Waals surface area contributed by atoms with Gasteiger partial charge < -0.3 is 5.32 Å². The Morgan fingerprint density at radius 3 is 2.63 bits per heavy atom. The van der Waals surface area contributed by atoms with Crippen LogP contribution in [0.4, 0.5) is 11.5 Å². The number of pyridine rings is 1. The van der Waals surface area contributed by atoms with E-state index in [4.69, 9.17) is 0 Å². The van der Waals surface area contributed by atoms with Crippen molar-refractivity contribution in [2.45, 2.75) is 13.8 Å². The van der Waals surface area contributed by atoms with Gasteiger partial charge in [-0.2, -0.15) is 0 Å². The molecule has 0 saturated carbocycles. The Balaban J connectivity index is 2.64. The summed E-state index contributed by atoms with van der Waals surface area (Å²) < 4.78 is 0. The third-order valence-electron chi connectivity index (χ3n) is 3.16. The quantitative estimate of drug-likeness (QED) is 0.676. The number of nitro groups is 1. The highest BCUT2D eigenvalue weighted by Gasteiger charge is 2.13. The van der Waals surface area contributed by atoms with Crippen LogP contribution in [-0.4, -0.2) is 17.0 Å². The van der Waals surface area contributed by atoms with E-state index in [2.05, 4.69) is 10.3 Å². The van der Waals surface area contributed by atoms with E-state index in [0.29, 0.717) is 11.5 Å². The van der Waals surface area contributed by atoms with Gasteiger partial charge in [-0.15, -0.1) is 0 Å². The van der Waals surface area contributed by atoms with Gasteiger partial charge in [-0.25, -0.2) is 4.98 Å². The number of aryl methyl sites for hydroxylation is 1. The van der Waals surface area contributed by atoms with Crippen molar-refractivity contribution in [1.29, 1.82) is 0 Å². The molecule has 2 rings (SSSR count). The molecule has 0 amide bonds. The average Bonchev–Trinajstić information content (AvgIpc) is 2.41. The highest BCUT2D eigenvalue weighted by atomic mass is 16.6. The summed E-state index contributed by atoms with van der Waals surface area (Å²) in [7, 11) is 1.69. The number of aromatic nitrogens is 1. The molecule has 5 heteroatoms. The molecule has 0 saturated heterocycles. The SMILES string of the molecule is CNc1cc([N+](=O)[O-])cc(-c2cccc(C)c2C)n1. The molecule has 19 heavy (non-hydrogen) atoms. The lowest BCUT2D eigenvalue weighted by atomic mass is 10.0. The first kappa shape index (κ1) is 13.0. The molecule has 0 aliphatic rings. The smallest absolute Gasteiger partial charge is 0.275 e. The first-order valence-electron chi connectivity index (χ1n) is 5.93. The van der Waals surface area contributed by atoms with E-state index >= 15 is 0 Å². The summed E-state index contributed by atoms with van der Waals surface area (Å²) in [6, 6.07) is 8.79. The number of anilines is 1. The standard InChI is InChI=1S/C14H15N3O2/c1-9-5-4-6-12(10(9)2)13-7-11(17(18)19)8-14(15-3)16-13/h4-8H,1-3H3,(H,15,16). The molecule has 0 aliphatic heterocycles. The number of nitrogens with one attached hydrogen (secondary N) is 1. The number of hydrogen-bond acceptors (Lipinski definition) is 4. The van der Waals surface area contributed by atoms with Crippen LogP contribution in [0.3, 0.4) is 0 Å². The molecule has 0 spiro atoms. The Bertz CT molecular complexity index is 639. The molecule has 0 bridgehead atoms. The van der Waals surface area contributed by atoms with Gasteiger partial charge in [-0.3, -0.25) is 10.1 Å². The van der Waals surface area contributed by atoms with E-state index in [-0.39, 0.29) is 5.69 Å². The molecule has 5 nitrogen and oxygen atoms in total. The predicted molar refractivity (Wildman–Crippen MR) is 75.3 cm³/mol. The van der Waals surface area contributed by atoms with Crippen LogP contribution in [-0.2, 0) is 0 Å². The summed E-state index contributed by atoms with van der Waals surface area (Å²) in [5.74, 6) is 0.491. The summed E-state index contributed by atoms with van der Waals surface area (Å²) in [5, 5.41) is 13.8. The maximum Gasteiger partial charge on any atom is 0.275 e. The fourth-order valence-electron chi connectivity index (χ4n) is 1.92. The minimum Gasteiger partial charge on any atom is -0.373 e. The van der Waals surface area contributed by atoms with Gasteiger partial charge in [0.25, 0.3) is 5.69 Å². The van der Waals surface area contributed by atoms with Crippen LogP contribution in [0.2, 0.25) is 0 Å². The monoisotopic (exact) mass is 257 g/mol. The maximum absolute atomic E-state index is 11.0. The molecule has 1 N–H and O–H groups in total. The van der Waals surface area contributed by atoms with Crippen molar-refractivity contribution >= 4 is 11.5 Å². The fraction of sp³-hybridized carbons (Fsp3) is 0.214. The van der Waals surface area contributed by atoms with Crippen LogP contribution >= 0.6 is 0 Å². The van der Waals surface area contributed by atoms with Crippen LogP contribution in [0, 0.1) is 24.0 Å². The molecular formula is C14H15N3O2. The molecule has 0 aliphatic carbocycles. The van der Waals surface area contributed by atoms with Crippen molar-refractivity contribution in [1.82, 2.24) is 4.98 Å². The third kappa shape index (κ3) is 2.54. The predicted octanol–water partition coefficient (Wildman–Crippen LogP) is 3.32. The highest BCUT2D eigenvalue weighted by molar-refractivity contribution is 5.69. The summed E-state index contributed by atoms with van der Waals surface area (Å²) in [6.07, 6.45) is 0. The van der Waals surface area contributed by atoms with Crippen molar-refractivity contribution in [3.05, 3.63) is 51.6 Å². The molecular weight excluding hydrogens is 242 g/mol. The van der Waals surface area contributed by atoms with Crippen LogP contribution in [0.25, 0.3) is 11.3 Å². The van der Waals surface area contributed by atoms with E-state index in [0.717, 1.165) is 16.7 Å². The van der Waals surface area contributed by atoms with Crippen LogP contribution in [0.15, 0.2) is 30.3 Å². The van der Waals surface area contributed by atoms with Crippen molar-refractivity contribution < 1.29 is 4.92 Å². The zero-order valence-electron chi connectivity index (χ0n) is 11.1. The summed E-state index contributed by atoms with van der Waals surface area (Å²) >= 11 is 0. The summed E-state index contributed by atoms with van der Waals surface area (Å²) in [5.41, 5.74) is 3.78. The zero-order valence-corrected chi connectivity index (χ0v) is 11.1. The molecule has 1 heterocycles. The normalized spacial score (nSPS) is 10.3. The average molecular weight is 257 g/mol. The maximum atomic E-state index is 11.0. The fourth-order valence-corrected chi connectivity index (χ4v) is 1.92. The van der Waals surface area contributed by atoms with Gasteiger partial charge in [-0.1, -0.05) is 18.2 Å². The summed E-state index contributed by atoms with van der Waals surface area (Å²) in [6.45, 7) is 4.00. The molecule has 1 aromatic heterocycles. The topological polar surface area (TPSA) is 68.1 Å². The Kier molecular flexibility index (Phi) is 3.46.